The Kier molecular flexibility index (Phi) is 3.84. The van der Waals surface area contributed by atoms with E-state index < -0.39 is 0 Å². The third kappa shape index (κ3) is 2.87. The van der Waals surface area contributed by atoms with E-state index >= 15 is 0 Å². The number of hydrogen-bond acceptors (Lipinski definition) is 3. The molecule has 2 heterocycles. The lowest BCUT2D eigenvalue weighted by molar-refractivity contribution is 0.0687. The first-order chi connectivity index (χ1) is 8.08. The van der Waals surface area contributed by atoms with Gasteiger partial charge in [0.25, 0.3) is 5.91 Å². The first-order valence-corrected chi connectivity index (χ1v) is 6.95. The number of nitrogens with zero attached hydrogens (tertiary/aromatic N) is 1. The van der Waals surface area contributed by atoms with E-state index in [9.17, 15) is 9.90 Å². The number of thiophene rings is 1. The van der Waals surface area contributed by atoms with Gasteiger partial charge < -0.3 is 10.0 Å². The molecule has 2 rings (SSSR count). The molecule has 0 bridgehead atoms. The van der Waals surface area contributed by atoms with E-state index in [0.29, 0.717) is 6.42 Å². The molecule has 1 aromatic heterocycles. The zero-order valence-electron chi connectivity index (χ0n) is 10.3. The van der Waals surface area contributed by atoms with Crippen LogP contribution in [-0.2, 0) is 0 Å². The van der Waals surface area contributed by atoms with Crippen LogP contribution in [0.1, 0.15) is 40.7 Å². The zero-order chi connectivity index (χ0) is 12.4. The van der Waals surface area contributed by atoms with Crippen molar-refractivity contribution in [1.82, 2.24) is 4.90 Å². The summed E-state index contributed by atoms with van der Waals surface area (Å²) in [6.07, 6.45) is 2.42. The molecule has 1 aromatic rings. The lowest BCUT2D eigenvalue weighted by atomic mass is 10.1. The summed E-state index contributed by atoms with van der Waals surface area (Å²) in [6, 6.07) is 4.10. The topological polar surface area (TPSA) is 40.5 Å². The number of aryl methyl sites for hydroxylation is 1. The molecule has 0 radical (unpaired) electrons. The van der Waals surface area contributed by atoms with Crippen LogP contribution in [0.25, 0.3) is 0 Å². The van der Waals surface area contributed by atoms with Crippen molar-refractivity contribution in [3.05, 3.63) is 21.9 Å². The van der Waals surface area contributed by atoms with E-state index in [0.717, 1.165) is 24.3 Å². The van der Waals surface area contributed by atoms with Crippen molar-refractivity contribution < 1.29 is 9.90 Å². The van der Waals surface area contributed by atoms with Gasteiger partial charge in [0.2, 0.25) is 0 Å². The standard InChI is InChI=1S/C13H19NO2S/c1-9(15)8-11-4-3-7-14(11)13(16)12-6-5-10(2)17-12/h5-6,9,11,15H,3-4,7-8H2,1-2H3. The minimum absolute atomic E-state index is 0.131. The van der Waals surface area contributed by atoms with Crippen LogP contribution in [0.5, 0.6) is 0 Å². The molecule has 0 aromatic carbocycles. The van der Waals surface area contributed by atoms with Gasteiger partial charge in [0.1, 0.15) is 0 Å². The molecule has 2 unspecified atom stereocenters. The minimum Gasteiger partial charge on any atom is -0.393 e. The van der Waals surface area contributed by atoms with E-state index in [1.165, 1.54) is 4.88 Å². The Morgan fingerprint density at radius 1 is 1.65 bits per heavy atom. The highest BCUT2D eigenvalue weighted by molar-refractivity contribution is 7.13. The summed E-state index contributed by atoms with van der Waals surface area (Å²) in [7, 11) is 0. The third-order valence-electron chi connectivity index (χ3n) is 3.20. The van der Waals surface area contributed by atoms with E-state index in [4.69, 9.17) is 0 Å². The van der Waals surface area contributed by atoms with Crippen molar-refractivity contribution in [2.75, 3.05) is 6.54 Å². The summed E-state index contributed by atoms with van der Waals surface area (Å²) >= 11 is 1.55. The fourth-order valence-electron chi connectivity index (χ4n) is 2.43. The first-order valence-electron chi connectivity index (χ1n) is 6.13. The van der Waals surface area contributed by atoms with Crippen LogP contribution < -0.4 is 0 Å². The molecule has 1 aliphatic rings. The van der Waals surface area contributed by atoms with E-state index in [1.54, 1.807) is 18.3 Å². The normalized spacial score (nSPS) is 21.8. The number of likely N-dealkylation sites (tertiary alicyclic amines) is 1. The van der Waals surface area contributed by atoms with Crippen molar-refractivity contribution in [3.63, 3.8) is 0 Å². The number of aliphatic hydroxyl groups is 1. The van der Waals surface area contributed by atoms with Gasteiger partial charge in [-0.1, -0.05) is 0 Å². The quantitative estimate of drug-likeness (QED) is 0.898. The molecule has 1 fully saturated rings. The lowest BCUT2D eigenvalue weighted by Crippen LogP contribution is -2.36. The highest BCUT2D eigenvalue weighted by atomic mass is 32.1. The molecule has 94 valence electrons. The number of rotatable bonds is 3. The zero-order valence-corrected chi connectivity index (χ0v) is 11.2. The summed E-state index contributed by atoms with van der Waals surface area (Å²) in [5.41, 5.74) is 0. The Hall–Kier alpha value is -0.870. The molecule has 17 heavy (non-hydrogen) atoms. The van der Waals surface area contributed by atoms with Crippen molar-refractivity contribution in [2.24, 2.45) is 0 Å². The number of hydrogen-bond donors (Lipinski definition) is 1. The number of carbonyl (C=O) groups is 1. The highest BCUT2D eigenvalue weighted by Gasteiger charge is 2.30. The second-order valence-corrected chi connectivity index (χ2v) is 6.08. The van der Waals surface area contributed by atoms with Crippen LogP contribution in [0.15, 0.2) is 12.1 Å². The van der Waals surface area contributed by atoms with Gasteiger partial charge in [-0.05, 0) is 45.2 Å². The van der Waals surface area contributed by atoms with Gasteiger partial charge >= 0.3 is 0 Å². The maximum atomic E-state index is 12.3. The van der Waals surface area contributed by atoms with Crippen LogP contribution >= 0.6 is 11.3 Å². The van der Waals surface area contributed by atoms with E-state index in [-0.39, 0.29) is 18.1 Å². The largest absolute Gasteiger partial charge is 0.393 e. The number of carbonyl (C=O) groups excluding carboxylic acids is 1. The van der Waals surface area contributed by atoms with Gasteiger partial charge in [-0.3, -0.25) is 4.79 Å². The molecule has 1 N–H and O–H groups in total. The molecular weight excluding hydrogens is 234 g/mol. The second kappa shape index (κ2) is 5.19. The number of aliphatic hydroxyl groups excluding tert-OH is 1. The Balaban J connectivity index is 2.08. The molecule has 1 aliphatic heterocycles. The maximum Gasteiger partial charge on any atom is 0.264 e. The van der Waals surface area contributed by atoms with Crippen molar-refractivity contribution >= 4 is 17.2 Å². The smallest absolute Gasteiger partial charge is 0.264 e. The minimum atomic E-state index is -0.335. The van der Waals surface area contributed by atoms with Crippen LogP contribution in [0.2, 0.25) is 0 Å². The summed E-state index contributed by atoms with van der Waals surface area (Å²) in [6.45, 7) is 4.63. The Labute approximate surface area is 106 Å². The van der Waals surface area contributed by atoms with Gasteiger partial charge in [-0.2, -0.15) is 0 Å². The fourth-order valence-corrected chi connectivity index (χ4v) is 3.26. The van der Waals surface area contributed by atoms with Crippen molar-refractivity contribution in [1.29, 1.82) is 0 Å². The van der Waals surface area contributed by atoms with Crippen LogP contribution in [-0.4, -0.2) is 34.6 Å². The average Bonchev–Trinajstić information content (AvgIpc) is 2.85. The molecule has 2 atom stereocenters. The summed E-state index contributed by atoms with van der Waals surface area (Å²) in [5, 5.41) is 9.45. The van der Waals surface area contributed by atoms with Gasteiger partial charge in [0, 0.05) is 17.5 Å². The maximum absolute atomic E-state index is 12.3. The van der Waals surface area contributed by atoms with Gasteiger partial charge in [0.05, 0.1) is 11.0 Å². The second-order valence-electron chi connectivity index (χ2n) is 4.79. The first kappa shape index (κ1) is 12.6. The molecule has 0 saturated carbocycles. The average molecular weight is 253 g/mol. The van der Waals surface area contributed by atoms with Crippen molar-refractivity contribution in [3.8, 4) is 0 Å². The van der Waals surface area contributed by atoms with Crippen molar-refractivity contribution in [2.45, 2.75) is 45.3 Å². The highest BCUT2D eigenvalue weighted by Crippen LogP contribution is 2.26. The summed E-state index contributed by atoms with van der Waals surface area (Å²) < 4.78 is 0. The van der Waals surface area contributed by atoms with Gasteiger partial charge in [-0.15, -0.1) is 11.3 Å². The Morgan fingerprint density at radius 2 is 2.41 bits per heavy atom. The molecule has 0 spiro atoms. The predicted octanol–water partition coefficient (Wildman–Crippen LogP) is 2.43. The van der Waals surface area contributed by atoms with Gasteiger partial charge in [-0.25, -0.2) is 0 Å². The van der Waals surface area contributed by atoms with E-state index in [2.05, 4.69) is 0 Å². The number of amides is 1. The fraction of sp³-hybridized carbons (Fsp3) is 0.615. The van der Waals surface area contributed by atoms with Gasteiger partial charge in [0.15, 0.2) is 0 Å². The molecule has 4 heteroatoms. The molecular formula is C13H19NO2S. The molecule has 3 nitrogen and oxygen atoms in total. The van der Waals surface area contributed by atoms with Crippen LogP contribution in [0.3, 0.4) is 0 Å². The third-order valence-corrected chi connectivity index (χ3v) is 4.19. The summed E-state index contributed by atoms with van der Waals surface area (Å²) in [5.74, 6) is 0.131. The van der Waals surface area contributed by atoms with E-state index in [1.807, 2.05) is 24.0 Å². The van der Waals surface area contributed by atoms with Crippen LogP contribution in [0.4, 0.5) is 0 Å². The molecule has 1 amide bonds. The van der Waals surface area contributed by atoms with Crippen LogP contribution in [0, 0.1) is 6.92 Å². The Morgan fingerprint density at radius 3 is 3.00 bits per heavy atom. The summed E-state index contributed by atoms with van der Waals surface area (Å²) in [4.78, 5) is 16.2. The molecule has 1 saturated heterocycles. The molecule has 0 aliphatic carbocycles. The monoisotopic (exact) mass is 253 g/mol. The Bertz CT molecular complexity index is 400. The predicted molar refractivity (Wildman–Crippen MR) is 69.4 cm³/mol. The lowest BCUT2D eigenvalue weighted by Gasteiger charge is -2.25. The SMILES string of the molecule is Cc1ccc(C(=O)N2CCCC2CC(C)O)s1.